The molecule has 3 rings (SSSR count). The van der Waals surface area contributed by atoms with Crippen LogP contribution in [-0.4, -0.2) is 18.6 Å². The molecule has 0 spiro atoms. The summed E-state index contributed by atoms with van der Waals surface area (Å²) in [5.41, 5.74) is 0.929. The molecule has 0 radical (unpaired) electrons. The Hall–Kier alpha value is -1.53. The number of thiophene rings is 1. The lowest BCUT2D eigenvalue weighted by atomic mass is 10.2. The first-order valence-electron chi connectivity index (χ1n) is 6.24. The zero-order valence-corrected chi connectivity index (χ0v) is 13.0. The molecule has 1 atom stereocenters. The summed E-state index contributed by atoms with van der Waals surface area (Å²) < 4.78 is 6.77. The van der Waals surface area contributed by atoms with Crippen LogP contribution in [-0.2, 0) is 11.3 Å². The highest BCUT2D eigenvalue weighted by Crippen LogP contribution is 2.28. The fourth-order valence-corrected chi connectivity index (χ4v) is 3.42. The minimum atomic E-state index is -0.492. The molecule has 1 aliphatic heterocycles. The van der Waals surface area contributed by atoms with Gasteiger partial charge in [-0.15, -0.1) is 11.3 Å². The summed E-state index contributed by atoms with van der Waals surface area (Å²) in [6, 6.07) is 11.6. The van der Waals surface area contributed by atoms with Gasteiger partial charge >= 0.3 is 0 Å². The molecule has 1 aliphatic rings. The van der Waals surface area contributed by atoms with Gasteiger partial charge in [0, 0.05) is 4.88 Å². The van der Waals surface area contributed by atoms with Crippen molar-refractivity contribution in [2.45, 2.75) is 12.6 Å². The first-order chi connectivity index (χ1) is 9.72. The maximum Gasteiger partial charge on any atom is 0.263 e. The molecule has 0 aliphatic carbocycles. The van der Waals surface area contributed by atoms with Gasteiger partial charge in [0.05, 0.1) is 22.6 Å². The molecule has 1 amide bonds. The number of para-hydroxylation sites is 2. The van der Waals surface area contributed by atoms with Crippen molar-refractivity contribution >= 4 is 38.9 Å². The molecule has 6 heteroatoms. The van der Waals surface area contributed by atoms with Crippen molar-refractivity contribution in [1.29, 1.82) is 0 Å². The first-order valence-corrected chi connectivity index (χ1v) is 7.85. The fraction of sp³-hybridized carbons (Fsp3) is 0.214. The lowest BCUT2D eigenvalue weighted by Gasteiger charge is -2.26. The van der Waals surface area contributed by atoms with Crippen molar-refractivity contribution in [2.75, 3.05) is 11.9 Å². The molecule has 2 heterocycles. The zero-order chi connectivity index (χ0) is 13.9. The lowest BCUT2D eigenvalue weighted by Crippen LogP contribution is -2.44. The van der Waals surface area contributed by atoms with E-state index < -0.39 is 6.10 Å². The quantitative estimate of drug-likeness (QED) is 0.892. The summed E-state index contributed by atoms with van der Waals surface area (Å²) in [4.78, 5) is 13.2. The summed E-state index contributed by atoms with van der Waals surface area (Å²) in [5, 5.41) is 6.10. The fourth-order valence-electron chi connectivity index (χ4n) is 1.99. The summed E-state index contributed by atoms with van der Waals surface area (Å²) in [6.45, 7) is 1.01. The van der Waals surface area contributed by atoms with Gasteiger partial charge in [-0.3, -0.25) is 4.79 Å². The highest BCUT2D eigenvalue weighted by Gasteiger charge is 2.25. The molecular formula is C14H13BrN2O2S. The molecule has 0 fully saturated rings. The Morgan fingerprint density at radius 1 is 1.40 bits per heavy atom. The Morgan fingerprint density at radius 3 is 3.05 bits per heavy atom. The predicted octanol–water partition coefficient (Wildman–Crippen LogP) is 3.00. The maximum absolute atomic E-state index is 12.1. The molecule has 1 unspecified atom stereocenters. The van der Waals surface area contributed by atoms with Crippen LogP contribution >= 0.6 is 27.3 Å². The molecular weight excluding hydrogens is 340 g/mol. The molecule has 104 valence electrons. The van der Waals surface area contributed by atoms with Crippen LogP contribution in [0.15, 0.2) is 40.2 Å². The largest absolute Gasteiger partial charge is 0.477 e. The SMILES string of the molecule is O=C(NCc1ccc(Br)s1)C1CNc2ccccc2O1. The van der Waals surface area contributed by atoms with Crippen LogP contribution in [0.4, 0.5) is 5.69 Å². The van der Waals surface area contributed by atoms with Gasteiger partial charge in [0.25, 0.3) is 5.91 Å². The second kappa shape index (κ2) is 5.85. The third kappa shape index (κ3) is 2.96. The third-order valence-corrected chi connectivity index (χ3v) is 4.62. The molecule has 4 nitrogen and oxygen atoms in total. The Labute approximate surface area is 129 Å². The van der Waals surface area contributed by atoms with E-state index in [9.17, 15) is 4.79 Å². The van der Waals surface area contributed by atoms with Gasteiger partial charge in [-0.2, -0.15) is 0 Å². The van der Waals surface area contributed by atoms with Crippen molar-refractivity contribution in [3.8, 4) is 5.75 Å². The summed E-state index contributed by atoms with van der Waals surface area (Å²) in [5.74, 6) is 0.620. The van der Waals surface area contributed by atoms with Gasteiger partial charge in [0.2, 0.25) is 0 Å². The van der Waals surface area contributed by atoms with E-state index in [1.807, 2.05) is 36.4 Å². The number of amides is 1. The Bertz CT molecular complexity index is 629. The molecule has 1 aromatic carbocycles. The van der Waals surface area contributed by atoms with E-state index in [1.54, 1.807) is 11.3 Å². The number of ether oxygens (including phenoxy) is 1. The first kappa shape index (κ1) is 13.5. The molecule has 0 saturated heterocycles. The maximum atomic E-state index is 12.1. The van der Waals surface area contributed by atoms with Crippen molar-refractivity contribution < 1.29 is 9.53 Å². The summed E-state index contributed by atoms with van der Waals surface area (Å²) in [7, 11) is 0. The van der Waals surface area contributed by atoms with Gasteiger partial charge in [0.15, 0.2) is 6.10 Å². The average Bonchev–Trinajstić information content (AvgIpc) is 2.90. The van der Waals surface area contributed by atoms with Crippen molar-refractivity contribution in [3.05, 3.63) is 45.1 Å². The highest BCUT2D eigenvalue weighted by atomic mass is 79.9. The minimum Gasteiger partial charge on any atom is -0.477 e. The molecule has 20 heavy (non-hydrogen) atoms. The van der Waals surface area contributed by atoms with E-state index in [0.717, 1.165) is 20.1 Å². The number of nitrogens with one attached hydrogen (secondary N) is 2. The zero-order valence-electron chi connectivity index (χ0n) is 10.6. The molecule has 2 aromatic rings. The van der Waals surface area contributed by atoms with E-state index in [-0.39, 0.29) is 5.91 Å². The van der Waals surface area contributed by atoms with E-state index in [0.29, 0.717) is 13.1 Å². The molecule has 2 N–H and O–H groups in total. The van der Waals surface area contributed by atoms with Gasteiger partial charge in [0.1, 0.15) is 5.75 Å². The van der Waals surface area contributed by atoms with Crippen LogP contribution in [0, 0.1) is 0 Å². The number of halogens is 1. The Balaban J connectivity index is 1.59. The number of hydrogen-bond acceptors (Lipinski definition) is 4. The van der Waals surface area contributed by atoms with Crippen molar-refractivity contribution in [1.82, 2.24) is 5.32 Å². The van der Waals surface area contributed by atoms with Crippen LogP contribution in [0.1, 0.15) is 4.88 Å². The summed E-state index contributed by atoms with van der Waals surface area (Å²) >= 11 is 5.02. The summed E-state index contributed by atoms with van der Waals surface area (Å²) in [6.07, 6.45) is -0.492. The topological polar surface area (TPSA) is 50.4 Å². The van der Waals surface area contributed by atoms with Crippen molar-refractivity contribution in [2.24, 2.45) is 0 Å². The van der Waals surface area contributed by atoms with Crippen LogP contribution in [0.5, 0.6) is 5.75 Å². The van der Waals surface area contributed by atoms with Crippen molar-refractivity contribution in [3.63, 3.8) is 0 Å². The molecule has 0 bridgehead atoms. The Morgan fingerprint density at radius 2 is 2.25 bits per heavy atom. The van der Waals surface area contributed by atoms with Gasteiger partial charge < -0.3 is 15.4 Å². The normalized spacial score (nSPS) is 16.8. The number of carbonyl (C=O) groups excluding carboxylic acids is 1. The van der Waals surface area contributed by atoms with E-state index in [4.69, 9.17) is 4.74 Å². The average molecular weight is 353 g/mol. The Kier molecular flexibility index (Phi) is 3.93. The minimum absolute atomic E-state index is 0.100. The van der Waals surface area contributed by atoms with Crippen LogP contribution in [0.2, 0.25) is 0 Å². The number of benzene rings is 1. The third-order valence-electron chi connectivity index (χ3n) is 2.99. The smallest absolute Gasteiger partial charge is 0.263 e. The second-order valence-corrected chi connectivity index (χ2v) is 6.95. The lowest BCUT2D eigenvalue weighted by molar-refractivity contribution is -0.127. The second-order valence-electron chi connectivity index (χ2n) is 4.41. The van der Waals surface area contributed by atoms with Crippen LogP contribution < -0.4 is 15.4 Å². The molecule has 1 aromatic heterocycles. The highest BCUT2D eigenvalue weighted by molar-refractivity contribution is 9.11. The number of anilines is 1. The van der Waals surface area contributed by atoms with E-state index >= 15 is 0 Å². The van der Waals surface area contributed by atoms with E-state index in [2.05, 4.69) is 26.6 Å². The number of hydrogen-bond donors (Lipinski definition) is 2. The van der Waals surface area contributed by atoms with Crippen LogP contribution in [0.3, 0.4) is 0 Å². The van der Waals surface area contributed by atoms with Gasteiger partial charge in [-0.25, -0.2) is 0 Å². The standard InChI is InChI=1S/C14H13BrN2O2S/c15-13-6-5-9(20-13)7-17-14(18)12-8-16-10-3-1-2-4-11(10)19-12/h1-6,12,16H,7-8H2,(H,17,18). The number of rotatable bonds is 3. The predicted molar refractivity (Wildman–Crippen MR) is 83.2 cm³/mol. The number of fused-ring (bicyclic) bond motifs is 1. The monoisotopic (exact) mass is 352 g/mol. The van der Waals surface area contributed by atoms with Gasteiger partial charge in [-0.05, 0) is 40.2 Å². The number of carbonyl (C=O) groups is 1. The van der Waals surface area contributed by atoms with E-state index in [1.165, 1.54) is 0 Å². The van der Waals surface area contributed by atoms with Gasteiger partial charge in [-0.1, -0.05) is 12.1 Å². The van der Waals surface area contributed by atoms with Crippen LogP contribution in [0.25, 0.3) is 0 Å². The molecule has 0 saturated carbocycles.